The van der Waals surface area contributed by atoms with Crippen LogP contribution in [0, 0.1) is 10.1 Å². The van der Waals surface area contributed by atoms with Crippen LogP contribution in [0.5, 0.6) is 5.75 Å². The van der Waals surface area contributed by atoms with Gasteiger partial charge in [0.15, 0.2) is 5.75 Å². The fraction of sp³-hybridized carbons (Fsp3) is 0.625. The van der Waals surface area contributed by atoms with Crippen molar-refractivity contribution < 1.29 is 9.66 Å². The molecule has 0 aliphatic rings. The molecule has 0 bridgehead atoms. The summed E-state index contributed by atoms with van der Waals surface area (Å²) in [6.45, 7) is 10.2. The largest absolute Gasteiger partial charge is 0.484 e. The number of hydrogen-bond acceptors (Lipinski definition) is 3. The third-order valence-electron chi connectivity index (χ3n) is 3.38. The second-order valence-electron chi connectivity index (χ2n) is 6.13. The van der Waals surface area contributed by atoms with Gasteiger partial charge in [-0.1, -0.05) is 47.1 Å². The first-order valence-corrected chi connectivity index (χ1v) is 7.25. The molecule has 0 saturated carbocycles. The van der Waals surface area contributed by atoms with Crippen LogP contribution < -0.4 is 4.74 Å². The van der Waals surface area contributed by atoms with Gasteiger partial charge < -0.3 is 4.74 Å². The molecule has 0 heterocycles. The van der Waals surface area contributed by atoms with E-state index in [0.717, 1.165) is 24.8 Å². The Labute approximate surface area is 121 Å². The monoisotopic (exact) mass is 279 g/mol. The van der Waals surface area contributed by atoms with E-state index in [0.29, 0.717) is 5.75 Å². The third-order valence-corrected chi connectivity index (χ3v) is 3.38. The van der Waals surface area contributed by atoms with Gasteiger partial charge in [-0.2, -0.15) is 0 Å². The average Bonchev–Trinajstić information content (AvgIpc) is 2.36. The van der Waals surface area contributed by atoms with Crippen LogP contribution in [0.2, 0.25) is 0 Å². The molecule has 0 N–H and O–H groups in total. The molecule has 4 nitrogen and oxygen atoms in total. The van der Waals surface area contributed by atoms with Crippen molar-refractivity contribution in [1.82, 2.24) is 0 Å². The number of nitro groups is 1. The van der Waals surface area contributed by atoms with Crippen LogP contribution in [-0.4, -0.2) is 11.0 Å². The molecule has 0 radical (unpaired) electrons. The van der Waals surface area contributed by atoms with Gasteiger partial charge in [-0.3, -0.25) is 10.1 Å². The highest BCUT2D eigenvalue weighted by molar-refractivity contribution is 5.50. The topological polar surface area (TPSA) is 52.4 Å². The molecule has 1 aromatic rings. The Kier molecular flexibility index (Phi) is 5.54. The van der Waals surface area contributed by atoms with Crippen molar-refractivity contribution in [1.29, 1.82) is 0 Å². The minimum atomic E-state index is -0.358. The molecule has 112 valence electrons. The molecule has 0 spiro atoms. The zero-order valence-electron chi connectivity index (χ0n) is 13.1. The maximum atomic E-state index is 11.3. The van der Waals surface area contributed by atoms with E-state index in [-0.39, 0.29) is 22.1 Å². The van der Waals surface area contributed by atoms with Gasteiger partial charge >= 0.3 is 5.69 Å². The van der Waals surface area contributed by atoms with Gasteiger partial charge in [0.2, 0.25) is 0 Å². The highest BCUT2D eigenvalue weighted by Crippen LogP contribution is 2.34. The fourth-order valence-corrected chi connectivity index (χ4v) is 2.07. The van der Waals surface area contributed by atoms with E-state index in [1.54, 1.807) is 12.1 Å². The molecule has 0 aromatic heterocycles. The minimum absolute atomic E-state index is 0.0409. The molecule has 1 rings (SSSR count). The van der Waals surface area contributed by atoms with E-state index in [1.165, 1.54) is 0 Å². The van der Waals surface area contributed by atoms with Gasteiger partial charge in [0.05, 0.1) is 11.0 Å². The number of nitro benzene ring substituents is 1. The van der Waals surface area contributed by atoms with Crippen LogP contribution in [0.25, 0.3) is 0 Å². The quantitative estimate of drug-likeness (QED) is 0.552. The van der Waals surface area contributed by atoms with E-state index >= 15 is 0 Å². The fourth-order valence-electron chi connectivity index (χ4n) is 2.07. The van der Waals surface area contributed by atoms with Crippen molar-refractivity contribution in [2.24, 2.45) is 0 Å². The number of benzene rings is 1. The molecular weight excluding hydrogens is 254 g/mol. The van der Waals surface area contributed by atoms with Gasteiger partial charge in [-0.25, -0.2) is 0 Å². The molecule has 0 amide bonds. The summed E-state index contributed by atoms with van der Waals surface area (Å²) in [4.78, 5) is 10.9. The van der Waals surface area contributed by atoms with Crippen LogP contribution >= 0.6 is 0 Å². The first kappa shape index (κ1) is 16.5. The first-order chi connectivity index (χ1) is 9.29. The number of hydrogen-bond donors (Lipinski definition) is 0. The molecular formula is C16H25NO3. The lowest BCUT2D eigenvalue weighted by atomic mass is 9.87. The van der Waals surface area contributed by atoms with Crippen molar-refractivity contribution >= 4 is 5.69 Å². The van der Waals surface area contributed by atoms with Crippen LogP contribution in [-0.2, 0) is 5.41 Å². The van der Waals surface area contributed by atoms with Crippen LogP contribution in [0.15, 0.2) is 18.2 Å². The summed E-state index contributed by atoms with van der Waals surface area (Å²) in [6, 6.07) is 5.28. The Balaban J connectivity index is 3.10. The van der Waals surface area contributed by atoms with Gasteiger partial charge in [0.1, 0.15) is 0 Å². The molecule has 0 unspecified atom stereocenters. The Hall–Kier alpha value is -1.58. The lowest BCUT2D eigenvalue weighted by molar-refractivity contribution is -0.386. The van der Waals surface area contributed by atoms with Gasteiger partial charge in [0.25, 0.3) is 0 Å². The Bertz CT molecular complexity index is 463. The highest BCUT2D eigenvalue weighted by Gasteiger charge is 2.23. The van der Waals surface area contributed by atoms with E-state index in [1.807, 2.05) is 33.8 Å². The minimum Gasteiger partial charge on any atom is -0.484 e. The SMILES string of the molecule is CCC[C@H](CC)Oc1ccc(C(C)(C)C)cc1[N+](=O)[O-]. The van der Waals surface area contributed by atoms with Crippen molar-refractivity contribution in [3.05, 3.63) is 33.9 Å². The van der Waals surface area contributed by atoms with Crippen molar-refractivity contribution in [2.75, 3.05) is 0 Å². The number of nitrogens with zero attached hydrogens (tertiary/aromatic N) is 1. The van der Waals surface area contributed by atoms with Crippen LogP contribution in [0.1, 0.15) is 59.4 Å². The zero-order chi connectivity index (χ0) is 15.3. The molecule has 0 aliphatic carbocycles. The van der Waals surface area contributed by atoms with Gasteiger partial charge in [-0.05, 0) is 29.9 Å². The summed E-state index contributed by atoms with van der Waals surface area (Å²) in [6.07, 6.45) is 2.81. The summed E-state index contributed by atoms with van der Waals surface area (Å²) in [7, 11) is 0. The third kappa shape index (κ3) is 4.22. The van der Waals surface area contributed by atoms with E-state index < -0.39 is 0 Å². The van der Waals surface area contributed by atoms with E-state index in [4.69, 9.17) is 4.74 Å². The maximum Gasteiger partial charge on any atom is 0.311 e. The summed E-state index contributed by atoms with van der Waals surface area (Å²) in [5, 5.41) is 11.3. The lowest BCUT2D eigenvalue weighted by Gasteiger charge is -2.21. The maximum absolute atomic E-state index is 11.3. The summed E-state index contributed by atoms with van der Waals surface area (Å²) < 4.78 is 5.82. The lowest BCUT2D eigenvalue weighted by Crippen LogP contribution is -2.16. The Morgan fingerprint density at radius 3 is 2.40 bits per heavy atom. The summed E-state index contributed by atoms with van der Waals surface area (Å²) in [5.41, 5.74) is 0.892. The van der Waals surface area contributed by atoms with Crippen molar-refractivity contribution in [3.8, 4) is 5.75 Å². The normalized spacial score (nSPS) is 13.1. The van der Waals surface area contributed by atoms with Gasteiger partial charge in [-0.15, -0.1) is 0 Å². The first-order valence-electron chi connectivity index (χ1n) is 7.25. The molecule has 1 aromatic carbocycles. The molecule has 20 heavy (non-hydrogen) atoms. The molecule has 0 fully saturated rings. The Morgan fingerprint density at radius 1 is 1.30 bits per heavy atom. The van der Waals surface area contributed by atoms with Gasteiger partial charge in [0, 0.05) is 6.07 Å². The second-order valence-corrected chi connectivity index (χ2v) is 6.13. The smallest absolute Gasteiger partial charge is 0.311 e. The highest BCUT2D eigenvalue weighted by atomic mass is 16.6. The summed E-state index contributed by atoms with van der Waals surface area (Å²) >= 11 is 0. The Morgan fingerprint density at radius 2 is 1.95 bits per heavy atom. The van der Waals surface area contributed by atoms with Crippen LogP contribution in [0.3, 0.4) is 0 Å². The molecule has 0 aliphatic heterocycles. The zero-order valence-corrected chi connectivity index (χ0v) is 13.1. The standard InChI is InChI=1S/C16H25NO3/c1-6-8-13(7-2)20-15-10-9-12(16(3,4)5)11-14(15)17(18)19/h9-11,13H,6-8H2,1-5H3/t13-/m0/s1. The predicted octanol–water partition coefficient (Wildman–Crippen LogP) is 4.85. The molecule has 4 heteroatoms. The van der Waals surface area contributed by atoms with E-state index in [2.05, 4.69) is 6.92 Å². The average molecular weight is 279 g/mol. The second kappa shape index (κ2) is 6.73. The molecule has 0 saturated heterocycles. The predicted molar refractivity (Wildman–Crippen MR) is 81.4 cm³/mol. The number of rotatable bonds is 6. The summed E-state index contributed by atoms with van der Waals surface area (Å²) in [5.74, 6) is 0.378. The van der Waals surface area contributed by atoms with Crippen LogP contribution in [0.4, 0.5) is 5.69 Å². The molecule has 1 atom stereocenters. The van der Waals surface area contributed by atoms with Crippen molar-refractivity contribution in [2.45, 2.75) is 65.4 Å². The number of ether oxygens (including phenoxy) is 1. The van der Waals surface area contributed by atoms with Crippen molar-refractivity contribution in [3.63, 3.8) is 0 Å². The van der Waals surface area contributed by atoms with E-state index in [9.17, 15) is 10.1 Å².